The van der Waals surface area contributed by atoms with Crippen molar-refractivity contribution in [3.8, 4) is 0 Å². The Labute approximate surface area is 124 Å². The molecule has 0 bridgehead atoms. The van der Waals surface area contributed by atoms with Gasteiger partial charge in [0.15, 0.2) is 0 Å². The minimum Gasteiger partial charge on any atom is -0.381 e. The molecule has 0 saturated heterocycles. The summed E-state index contributed by atoms with van der Waals surface area (Å²) in [5.41, 5.74) is 7.14. The summed E-state index contributed by atoms with van der Waals surface area (Å²) in [4.78, 5) is 0. The van der Waals surface area contributed by atoms with Crippen molar-refractivity contribution in [3.05, 3.63) is 23.2 Å². The van der Waals surface area contributed by atoms with Crippen LogP contribution >= 0.6 is 11.6 Å². The molecule has 2 rings (SSSR count). The second-order valence-electron chi connectivity index (χ2n) is 5.32. The third-order valence-electron chi connectivity index (χ3n) is 3.40. The number of hydrogen-bond donors (Lipinski definition) is 3. The largest absolute Gasteiger partial charge is 0.381 e. The highest BCUT2D eigenvalue weighted by atomic mass is 35.5. The molecule has 0 atom stereocenters. The molecule has 112 valence electrons. The van der Waals surface area contributed by atoms with Crippen molar-refractivity contribution in [3.63, 3.8) is 0 Å². The van der Waals surface area contributed by atoms with Crippen molar-refractivity contribution in [2.45, 2.75) is 37.8 Å². The van der Waals surface area contributed by atoms with Crippen molar-refractivity contribution in [1.82, 2.24) is 0 Å². The van der Waals surface area contributed by atoms with Crippen LogP contribution in [0, 0.1) is 0 Å². The Morgan fingerprint density at radius 2 is 1.90 bits per heavy atom. The van der Waals surface area contributed by atoms with E-state index in [4.69, 9.17) is 17.3 Å². The van der Waals surface area contributed by atoms with Crippen LogP contribution in [0.3, 0.4) is 0 Å². The van der Waals surface area contributed by atoms with E-state index >= 15 is 0 Å². The van der Waals surface area contributed by atoms with Gasteiger partial charge in [-0.2, -0.15) is 0 Å². The highest BCUT2D eigenvalue weighted by Crippen LogP contribution is 2.29. The molecule has 20 heavy (non-hydrogen) atoms. The first-order valence-corrected chi connectivity index (χ1v) is 8.90. The van der Waals surface area contributed by atoms with E-state index in [1.165, 1.54) is 0 Å². The van der Waals surface area contributed by atoms with E-state index in [-0.39, 0.29) is 0 Å². The van der Waals surface area contributed by atoms with Gasteiger partial charge in [-0.15, -0.1) is 0 Å². The molecule has 1 saturated carbocycles. The van der Waals surface area contributed by atoms with Crippen LogP contribution in [0.4, 0.5) is 11.4 Å². The molecule has 1 aromatic carbocycles. The van der Waals surface area contributed by atoms with Gasteiger partial charge in [-0.05, 0) is 43.9 Å². The quantitative estimate of drug-likeness (QED) is 0.796. The highest BCUT2D eigenvalue weighted by Gasteiger charge is 2.19. The lowest BCUT2D eigenvalue weighted by Crippen LogP contribution is -2.32. The zero-order chi connectivity index (χ0) is 14.8. The summed E-state index contributed by atoms with van der Waals surface area (Å²) in [6.07, 6.45) is 5.12. The molecule has 0 aromatic heterocycles. The standard InChI is InChI=1S/C13H20ClN3O2S/c1-20(18,19)17-11-6-7-12(14)13(8-11)16-10-4-2-9(15)3-5-10/h6-10,16-17H,2-5,15H2,1H3. The normalized spacial score (nSPS) is 23.4. The van der Waals surface area contributed by atoms with Crippen molar-refractivity contribution < 1.29 is 8.42 Å². The maximum atomic E-state index is 11.2. The number of anilines is 2. The third kappa shape index (κ3) is 4.54. The van der Waals surface area contributed by atoms with E-state index in [9.17, 15) is 8.42 Å². The van der Waals surface area contributed by atoms with Gasteiger partial charge in [0.05, 0.1) is 22.7 Å². The summed E-state index contributed by atoms with van der Waals surface area (Å²) in [7, 11) is -3.28. The number of nitrogens with two attached hydrogens (primary N) is 1. The Kier molecular flexibility index (Phi) is 4.78. The van der Waals surface area contributed by atoms with Crippen LogP contribution in [0.15, 0.2) is 18.2 Å². The molecule has 4 N–H and O–H groups in total. The van der Waals surface area contributed by atoms with Crippen LogP contribution in [-0.2, 0) is 10.0 Å². The fraction of sp³-hybridized carbons (Fsp3) is 0.538. The van der Waals surface area contributed by atoms with E-state index in [0.29, 0.717) is 22.8 Å². The van der Waals surface area contributed by atoms with Gasteiger partial charge in [0.25, 0.3) is 0 Å². The Bertz CT molecular complexity index is 569. The third-order valence-corrected chi connectivity index (χ3v) is 4.34. The molecule has 0 radical (unpaired) electrons. The monoisotopic (exact) mass is 317 g/mol. The first-order chi connectivity index (χ1) is 9.33. The molecular formula is C13H20ClN3O2S. The summed E-state index contributed by atoms with van der Waals surface area (Å²) in [5, 5.41) is 3.96. The Hall–Kier alpha value is -0.980. The second-order valence-corrected chi connectivity index (χ2v) is 7.48. The number of sulfonamides is 1. The number of nitrogens with one attached hydrogen (secondary N) is 2. The number of rotatable bonds is 4. The minimum absolute atomic E-state index is 0.293. The highest BCUT2D eigenvalue weighted by molar-refractivity contribution is 7.92. The molecule has 1 fully saturated rings. The molecule has 0 heterocycles. The maximum absolute atomic E-state index is 11.2. The average molecular weight is 318 g/mol. The molecule has 5 nitrogen and oxygen atoms in total. The molecule has 0 unspecified atom stereocenters. The average Bonchev–Trinajstić information content (AvgIpc) is 2.34. The van der Waals surface area contributed by atoms with Crippen LogP contribution in [0.1, 0.15) is 25.7 Å². The lowest BCUT2D eigenvalue weighted by molar-refractivity contribution is 0.411. The van der Waals surface area contributed by atoms with Crippen LogP contribution in [0.5, 0.6) is 0 Å². The fourth-order valence-electron chi connectivity index (χ4n) is 2.40. The number of benzene rings is 1. The van der Waals surface area contributed by atoms with Crippen LogP contribution < -0.4 is 15.8 Å². The molecule has 0 spiro atoms. The van der Waals surface area contributed by atoms with Gasteiger partial charge < -0.3 is 11.1 Å². The van der Waals surface area contributed by atoms with Gasteiger partial charge in [0.1, 0.15) is 0 Å². The number of hydrogen-bond acceptors (Lipinski definition) is 4. The zero-order valence-corrected chi connectivity index (χ0v) is 13.0. The smallest absolute Gasteiger partial charge is 0.229 e. The predicted octanol–water partition coefficient (Wildman–Crippen LogP) is 2.39. The first-order valence-electron chi connectivity index (χ1n) is 6.63. The Morgan fingerprint density at radius 3 is 2.50 bits per heavy atom. The molecular weight excluding hydrogens is 298 g/mol. The lowest BCUT2D eigenvalue weighted by atomic mass is 9.91. The summed E-state index contributed by atoms with van der Waals surface area (Å²) in [5.74, 6) is 0. The zero-order valence-electron chi connectivity index (χ0n) is 11.4. The Morgan fingerprint density at radius 1 is 1.25 bits per heavy atom. The minimum atomic E-state index is -3.28. The number of halogens is 1. The molecule has 1 aliphatic rings. The van der Waals surface area contributed by atoms with Crippen molar-refractivity contribution >= 4 is 33.0 Å². The van der Waals surface area contributed by atoms with Gasteiger partial charge in [0, 0.05) is 12.1 Å². The van der Waals surface area contributed by atoms with Crippen LogP contribution in [-0.4, -0.2) is 26.8 Å². The van der Waals surface area contributed by atoms with E-state index in [2.05, 4.69) is 10.0 Å². The van der Waals surface area contributed by atoms with E-state index < -0.39 is 10.0 Å². The lowest BCUT2D eigenvalue weighted by Gasteiger charge is -2.28. The molecule has 1 aromatic rings. The molecule has 0 aliphatic heterocycles. The van der Waals surface area contributed by atoms with E-state index in [1.807, 2.05) is 0 Å². The molecule has 0 amide bonds. The van der Waals surface area contributed by atoms with Gasteiger partial charge in [-0.25, -0.2) is 8.42 Å². The van der Waals surface area contributed by atoms with Crippen molar-refractivity contribution in [2.75, 3.05) is 16.3 Å². The summed E-state index contributed by atoms with van der Waals surface area (Å²) in [6.45, 7) is 0. The first kappa shape index (κ1) is 15.4. The summed E-state index contributed by atoms with van der Waals surface area (Å²) < 4.78 is 24.9. The van der Waals surface area contributed by atoms with Crippen molar-refractivity contribution in [2.24, 2.45) is 5.73 Å². The second kappa shape index (κ2) is 6.20. The maximum Gasteiger partial charge on any atom is 0.229 e. The van der Waals surface area contributed by atoms with Crippen molar-refractivity contribution in [1.29, 1.82) is 0 Å². The predicted molar refractivity (Wildman–Crippen MR) is 83.8 cm³/mol. The molecule has 1 aliphatic carbocycles. The van der Waals surface area contributed by atoms with Crippen LogP contribution in [0.25, 0.3) is 0 Å². The Balaban J connectivity index is 2.08. The van der Waals surface area contributed by atoms with E-state index in [0.717, 1.165) is 37.6 Å². The summed E-state index contributed by atoms with van der Waals surface area (Å²) >= 11 is 6.15. The molecule has 7 heteroatoms. The fourth-order valence-corrected chi connectivity index (χ4v) is 3.12. The van der Waals surface area contributed by atoms with E-state index in [1.54, 1.807) is 18.2 Å². The topological polar surface area (TPSA) is 84.2 Å². The van der Waals surface area contributed by atoms with Gasteiger partial charge in [0.2, 0.25) is 10.0 Å². The summed E-state index contributed by atoms with van der Waals surface area (Å²) in [6, 6.07) is 5.68. The SMILES string of the molecule is CS(=O)(=O)Nc1ccc(Cl)c(NC2CCC(N)CC2)c1. The van der Waals surface area contributed by atoms with Gasteiger partial charge >= 0.3 is 0 Å². The van der Waals surface area contributed by atoms with Gasteiger partial charge in [-0.3, -0.25) is 4.72 Å². The van der Waals surface area contributed by atoms with Crippen LogP contribution in [0.2, 0.25) is 5.02 Å². The van der Waals surface area contributed by atoms with Gasteiger partial charge in [-0.1, -0.05) is 11.6 Å².